The molecule has 0 radical (unpaired) electrons. The number of ketones is 1. The Labute approximate surface area is 170 Å². The standard InChI is InChI=1S/C23H15FN4O2/c1-14-20(7-4-10-26-14)28-22(12-21(29)17-6-3-2-5-15(17)13-25)27-19-9-8-16(24)11-18(19)23(28)30/h2-11H,12H2,1H3. The molecule has 0 aliphatic heterocycles. The molecule has 0 aliphatic rings. The molecular weight excluding hydrogens is 383 g/mol. The van der Waals surface area contributed by atoms with Gasteiger partial charge in [0, 0.05) is 11.8 Å². The number of hydrogen-bond acceptors (Lipinski definition) is 5. The largest absolute Gasteiger partial charge is 0.294 e. The van der Waals surface area contributed by atoms with Crippen LogP contribution in [0.15, 0.2) is 65.6 Å². The highest BCUT2D eigenvalue weighted by Crippen LogP contribution is 2.18. The molecular formula is C23H15FN4O2. The number of pyridine rings is 1. The molecule has 0 saturated carbocycles. The van der Waals surface area contributed by atoms with Crippen molar-refractivity contribution in [1.29, 1.82) is 5.26 Å². The Bertz CT molecular complexity index is 1400. The number of halogens is 1. The van der Waals surface area contributed by atoms with E-state index in [0.717, 1.165) is 6.07 Å². The Kier molecular flexibility index (Phi) is 4.90. The normalized spacial score (nSPS) is 10.7. The third-order valence-corrected chi connectivity index (χ3v) is 4.79. The van der Waals surface area contributed by atoms with Crippen LogP contribution in [0.3, 0.4) is 0 Å². The highest BCUT2D eigenvalue weighted by Gasteiger charge is 2.19. The van der Waals surface area contributed by atoms with Crippen LogP contribution in [0.2, 0.25) is 0 Å². The molecule has 146 valence electrons. The Morgan fingerprint density at radius 1 is 1.17 bits per heavy atom. The van der Waals surface area contributed by atoms with Crippen LogP contribution in [0.4, 0.5) is 4.39 Å². The van der Waals surface area contributed by atoms with Crippen molar-refractivity contribution in [3.63, 3.8) is 0 Å². The average molecular weight is 398 g/mol. The van der Waals surface area contributed by atoms with E-state index < -0.39 is 11.4 Å². The number of carbonyl (C=O) groups is 1. The molecule has 0 amide bonds. The molecule has 4 rings (SSSR count). The summed E-state index contributed by atoms with van der Waals surface area (Å²) < 4.78 is 15.1. The van der Waals surface area contributed by atoms with E-state index in [2.05, 4.69) is 9.97 Å². The number of fused-ring (bicyclic) bond motifs is 1. The minimum atomic E-state index is -0.553. The van der Waals surface area contributed by atoms with Crippen molar-refractivity contribution in [3.05, 3.63) is 99.6 Å². The summed E-state index contributed by atoms with van der Waals surface area (Å²) >= 11 is 0. The minimum absolute atomic E-state index is 0.104. The van der Waals surface area contributed by atoms with Gasteiger partial charge in [-0.2, -0.15) is 5.26 Å². The third kappa shape index (κ3) is 3.35. The van der Waals surface area contributed by atoms with Gasteiger partial charge in [0.15, 0.2) is 5.78 Å². The van der Waals surface area contributed by atoms with Crippen LogP contribution in [0.1, 0.15) is 27.4 Å². The number of aryl methyl sites for hydroxylation is 1. The number of hydrogen-bond donors (Lipinski definition) is 0. The molecule has 0 saturated heterocycles. The third-order valence-electron chi connectivity index (χ3n) is 4.79. The topological polar surface area (TPSA) is 88.6 Å². The fourth-order valence-electron chi connectivity index (χ4n) is 3.35. The van der Waals surface area contributed by atoms with Gasteiger partial charge in [0.05, 0.1) is 40.3 Å². The SMILES string of the molecule is Cc1ncccc1-n1c(CC(=O)c2ccccc2C#N)nc2ccc(F)cc2c1=O. The zero-order valence-corrected chi connectivity index (χ0v) is 16.0. The van der Waals surface area contributed by atoms with Crippen molar-refractivity contribution in [2.75, 3.05) is 0 Å². The van der Waals surface area contributed by atoms with E-state index >= 15 is 0 Å². The average Bonchev–Trinajstić information content (AvgIpc) is 2.75. The highest BCUT2D eigenvalue weighted by molar-refractivity contribution is 5.99. The van der Waals surface area contributed by atoms with E-state index in [-0.39, 0.29) is 40.1 Å². The molecule has 0 fully saturated rings. The van der Waals surface area contributed by atoms with E-state index in [1.54, 1.807) is 49.5 Å². The fourth-order valence-corrected chi connectivity index (χ4v) is 3.35. The van der Waals surface area contributed by atoms with Crippen LogP contribution in [-0.4, -0.2) is 20.3 Å². The lowest BCUT2D eigenvalue weighted by Crippen LogP contribution is -2.26. The van der Waals surface area contributed by atoms with Gasteiger partial charge >= 0.3 is 0 Å². The minimum Gasteiger partial charge on any atom is -0.294 e. The van der Waals surface area contributed by atoms with Crippen molar-refractivity contribution < 1.29 is 9.18 Å². The summed E-state index contributed by atoms with van der Waals surface area (Å²) in [6.07, 6.45) is 1.38. The lowest BCUT2D eigenvalue weighted by atomic mass is 10.0. The van der Waals surface area contributed by atoms with Gasteiger partial charge in [-0.15, -0.1) is 0 Å². The molecule has 0 bridgehead atoms. The summed E-state index contributed by atoms with van der Waals surface area (Å²) in [5, 5.41) is 9.40. The van der Waals surface area contributed by atoms with Gasteiger partial charge in [-0.05, 0) is 43.3 Å². The molecule has 4 aromatic rings. The quantitative estimate of drug-likeness (QED) is 0.491. The predicted molar refractivity (Wildman–Crippen MR) is 109 cm³/mol. The molecule has 0 aliphatic carbocycles. The van der Waals surface area contributed by atoms with Gasteiger partial charge in [0.1, 0.15) is 11.6 Å². The Hall–Kier alpha value is -4.18. The maximum atomic E-state index is 13.8. The van der Waals surface area contributed by atoms with E-state index in [4.69, 9.17) is 0 Å². The predicted octanol–water partition coefficient (Wildman–Crippen LogP) is 3.53. The number of nitriles is 1. The monoisotopic (exact) mass is 398 g/mol. The first-order chi connectivity index (χ1) is 14.5. The van der Waals surface area contributed by atoms with Gasteiger partial charge in [0.25, 0.3) is 5.56 Å². The van der Waals surface area contributed by atoms with Gasteiger partial charge in [-0.1, -0.05) is 18.2 Å². The fraction of sp³-hybridized carbons (Fsp3) is 0.0870. The van der Waals surface area contributed by atoms with E-state index in [9.17, 15) is 19.2 Å². The van der Waals surface area contributed by atoms with Crippen molar-refractivity contribution in [1.82, 2.24) is 14.5 Å². The van der Waals surface area contributed by atoms with Crippen LogP contribution in [0, 0.1) is 24.1 Å². The van der Waals surface area contributed by atoms with E-state index in [1.807, 2.05) is 6.07 Å². The summed E-state index contributed by atoms with van der Waals surface area (Å²) in [5.41, 5.74) is 1.31. The summed E-state index contributed by atoms with van der Waals surface area (Å²) in [4.78, 5) is 34.9. The zero-order valence-electron chi connectivity index (χ0n) is 16.0. The van der Waals surface area contributed by atoms with Crippen LogP contribution in [-0.2, 0) is 6.42 Å². The molecule has 0 atom stereocenters. The molecule has 30 heavy (non-hydrogen) atoms. The summed E-state index contributed by atoms with van der Waals surface area (Å²) in [5.74, 6) is -0.716. The van der Waals surface area contributed by atoms with Crippen LogP contribution in [0.25, 0.3) is 16.6 Å². The molecule has 2 aromatic carbocycles. The van der Waals surface area contributed by atoms with Gasteiger partial charge in [-0.3, -0.25) is 19.1 Å². The van der Waals surface area contributed by atoms with Crippen molar-refractivity contribution in [2.45, 2.75) is 13.3 Å². The number of benzene rings is 2. The number of rotatable bonds is 4. The van der Waals surface area contributed by atoms with E-state index in [1.165, 1.54) is 16.7 Å². The Morgan fingerprint density at radius 2 is 1.97 bits per heavy atom. The molecule has 7 heteroatoms. The summed E-state index contributed by atoms with van der Waals surface area (Å²) in [6, 6.07) is 15.6. The first-order valence-electron chi connectivity index (χ1n) is 9.15. The molecule has 0 spiro atoms. The number of Topliss-reactive ketones (excluding diaryl/α,β-unsaturated/α-hetero) is 1. The zero-order chi connectivity index (χ0) is 21.3. The van der Waals surface area contributed by atoms with Crippen LogP contribution in [0.5, 0.6) is 0 Å². The lowest BCUT2D eigenvalue weighted by molar-refractivity contribution is 0.0990. The smallest absolute Gasteiger partial charge is 0.266 e. The maximum absolute atomic E-state index is 13.8. The molecule has 0 unspecified atom stereocenters. The molecule has 0 N–H and O–H groups in total. The number of carbonyl (C=O) groups excluding carboxylic acids is 1. The second kappa shape index (κ2) is 7.68. The Morgan fingerprint density at radius 3 is 2.73 bits per heavy atom. The highest BCUT2D eigenvalue weighted by atomic mass is 19.1. The van der Waals surface area contributed by atoms with Crippen LogP contribution < -0.4 is 5.56 Å². The lowest BCUT2D eigenvalue weighted by Gasteiger charge is -2.15. The van der Waals surface area contributed by atoms with Gasteiger partial charge in [0.2, 0.25) is 0 Å². The summed E-state index contributed by atoms with van der Waals surface area (Å²) in [7, 11) is 0. The summed E-state index contributed by atoms with van der Waals surface area (Å²) in [6.45, 7) is 1.73. The van der Waals surface area contributed by atoms with E-state index in [0.29, 0.717) is 11.4 Å². The number of nitrogens with zero attached hydrogens (tertiary/aromatic N) is 4. The van der Waals surface area contributed by atoms with Crippen molar-refractivity contribution in [3.8, 4) is 11.8 Å². The molecule has 2 heterocycles. The Balaban J connectivity index is 1.95. The maximum Gasteiger partial charge on any atom is 0.266 e. The van der Waals surface area contributed by atoms with Crippen molar-refractivity contribution >= 4 is 16.7 Å². The van der Waals surface area contributed by atoms with Gasteiger partial charge < -0.3 is 0 Å². The van der Waals surface area contributed by atoms with Crippen LogP contribution >= 0.6 is 0 Å². The molecule has 6 nitrogen and oxygen atoms in total. The second-order valence-electron chi connectivity index (χ2n) is 6.70. The van der Waals surface area contributed by atoms with Crippen molar-refractivity contribution in [2.24, 2.45) is 0 Å². The first-order valence-corrected chi connectivity index (χ1v) is 9.15. The number of aromatic nitrogens is 3. The van der Waals surface area contributed by atoms with Gasteiger partial charge in [-0.25, -0.2) is 9.37 Å². The second-order valence-corrected chi connectivity index (χ2v) is 6.70. The first kappa shape index (κ1) is 19.2. The molecule has 2 aromatic heterocycles.